The third kappa shape index (κ3) is 5.08. The van der Waals surface area contributed by atoms with Crippen molar-refractivity contribution < 1.29 is 23.8 Å². The number of carboxylic acids is 1. The van der Waals surface area contributed by atoms with Crippen molar-refractivity contribution in [3.63, 3.8) is 0 Å². The van der Waals surface area contributed by atoms with Crippen molar-refractivity contribution in [2.45, 2.75) is 18.7 Å². The van der Waals surface area contributed by atoms with Gasteiger partial charge in [-0.25, -0.2) is 9.18 Å². The summed E-state index contributed by atoms with van der Waals surface area (Å²) in [4.78, 5) is 21.8. The van der Waals surface area contributed by atoms with E-state index in [2.05, 4.69) is 5.32 Å². The maximum absolute atomic E-state index is 13.2. The summed E-state index contributed by atoms with van der Waals surface area (Å²) in [6, 6.07) is 3.20. The van der Waals surface area contributed by atoms with E-state index >= 15 is 0 Å². The molecule has 2 N–H and O–H groups in total. The summed E-state index contributed by atoms with van der Waals surface area (Å²) in [5.41, 5.74) is 0.643. The maximum atomic E-state index is 13.2. The molecule has 1 aromatic rings. The molecule has 1 unspecified atom stereocenters. The monoisotopic (exact) mass is 301 g/mol. The Kier molecular flexibility index (Phi) is 6.30. The van der Waals surface area contributed by atoms with E-state index in [0.717, 1.165) is 0 Å². The van der Waals surface area contributed by atoms with Crippen LogP contribution in [0, 0.1) is 5.82 Å². The zero-order valence-corrected chi connectivity index (χ0v) is 12.0. The first kappa shape index (κ1) is 16.3. The van der Waals surface area contributed by atoms with Crippen molar-refractivity contribution in [3.8, 4) is 5.75 Å². The molecule has 0 fully saturated rings. The molecular weight excluding hydrogens is 285 g/mol. The number of methoxy groups -OCH3 is 1. The van der Waals surface area contributed by atoms with Gasteiger partial charge in [-0.3, -0.25) is 4.79 Å². The highest BCUT2D eigenvalue weighted by Gasteiger charge is 2.18. The lowest BCUT2D eigenvalue weighted by molar-refractivity contribution is -0.140. The van der Waals surface area contributed by atoms with Crippen molar-refractivity contribution >= 4 is 23.6 Å². The van der Waals surface area contributed by atoms with E-state index in [0.29, 0.717) is 17.1 Å². The smallest absolute Gasteiger partial charge is 0.327 e. The molecule has 7 heteroatoms. The first-order valence-electron chi connectivity index (χ1n) is 5.84. The molecule has 110 valence electrons. The summed E-state index contributed by atoms with van der Waals surface area (Å²) in [5, 5.41) is 11.3. The van der Waals surface area contributed by atoms with Gasteiger partial charge >= 0.3 is 5.97 Å². The number of amides is 1. The minimum atomic E-state index is -1.10. The molecule has 1 amide bonds. The van der Waals surface area contributed by atoms with Gasteiger partial charge in [-0.05, 0) is 18.2 Å². The first-order chi connectivity index (χ1) is 9.43. The van der Waals surface area contributed by atoms with Crippen LogP contribution in [-0.2, 0) is 15.3 Å². The zero-order chi connectivity index (χ0) is 15.1. The van der Waals surface area contributed by atoms with Gasteiger partial charge in [0.2, 0.25) is 5.91 Å². The predicted octanol–water partition coefficient (Wildman–Crippen LogP) is 1.66. The third-order valence-electron chi connectivity index (χ3n) is 2.46. The van der Waals surface area contributed by atoms with Crippen molar-refractivity contribution in [1.29, 1.82) is 0 Å². The molecule has 5 nitrogen and oxygen atoms in total. The SMILES string of the molecule is COc1ccc(F)cc1CSCC(NC(C)=O)C(=O)O. The van der Waals surface area contributed by atoms with Gasteiger partial charge < -0.3 is 15.2 Å². The van der Waals surface area contributed by atoms with E-state index in [9.17, 15) is 14.0 Å². The number of benzene rings is 1. The van der Waals surface area contributed by atoms with Crippen LogP contribution in [0.4, 0.5) is 4.39 Å². The summed E-state index contributed by atoms with van der Waals surface area (Å²) in [7, 11) is 1.48. The number of carbonyl (C=O) groups is 2. The van der Waals surface area contributed by atoms with E-state index in [4.69, 9.17) is 9.84 Å². The Bertz CT molecular complexity index is 495. The van der Waals surface area contributed by atoms with E-state index in [-0.39, 0.29) is 11.6 Å². The number of carbonyl (C=O) groups excluding carboxylic acids is 1. The van der Waals surface area contributed by atoms with Crippen molar-refractivity contribution in [3.05, 3.63) is 29.6 Å². The van der Waals surface area contributed by atoms with Gasteiger partial charge in [0.05, 0.1) is 7.11 Å². The molecule has 20 heavy (non-hydrogen) atoms. The number of aliphatic carboxylic acids is 1. The number of halogens is 1. The Labute approximate surface area is 120 Å². The van der Waals surface area contributed by atoms with Crippen molar-refractivity contribution in [1.82, 2.24) is 5.32 Å². The summed E-state index contributed by atoms with van der Waals surface area (Å²) in [5.74, 6) is -0.748. The van der Waals surface area contributed by atoms with Crippen LogP contribution < -0.4 is 10.1 Å². The maximum Gasteiger partial charge on any atom is 0.327 e. The van der Waals surface area contributed by atoms with E-state index < -0.39 is 17.9 Å². The minimum Gasteiger partial charge on any atom is -0.496 e. The average Bonchev–Trinajstić information content (AvgIpc) is 2.37. The Morgan fingerprint density at radius 2 is 2.20 bits per heavy atom. The highest BCUT2D eigenvalue weighted by atomic mass is 32.2. The topological polar surface area (TPSA) is 75.6 Å². The molecule has 0 bridgehead atoms. The highest BCUT2D eigenvalue weighted by Crippen LogP contribution is 2.24. The van der Waals surface area contributed by atoms with Crippen LogP contribution in [0.15, 0.2) is 18.2 Å². The predicted molar refractivity (Wildman–Crippen MR) is 74.4 cm³/mol. The number of rotatable bonds is 7. The van der Waals surface area contributed by atoms with E-state index in [1.54, 1.807) is 0 Å². The average molecular weight is 301 g/mol. The molecule has 0 aliphatic carbocycles. The van der Waals surface area contributed by atoms with Crippen molar-refractivity contribution in [2.75, 3.05) is 12.9 Å². The van der Waals surface area contributed by atoms with Gasteiger partial charge in [0.15, 0.2) is 0 Å². The summed E-state index contributed by atoms with van der Waals surface area (Å²) >= 11 is 1.28. The molecule has 1 atom stereocenters. The fourth-order valence-corrected chi connectivity index (χ4v) is 2.59. The van der Waals surface area contributed by atoms with Gasteiger partial charge in [0.1, 0.15) is 17.6 Å². The lowest BCUT2D eigenvalue weighted by Crippen LogP contribution is -2.41. The Morgan fingerprint density at radius 1 is 1.50 bits per heavy atom. The zero-order valence-electron chi connectivity index (χ0n) is 11.2. The van der Waals surface area contributed by atoms with Crippen LogP contribution in [0.25, 0.3) is 0 Å². The number of hydrogen-bond donors (Lipinski definition) is 2. The second-order valence-corrected chi connectivity index (χ2v) is 5.09. The first-order valence-corrected chi connectivity index (χ1v) is 6.99. The fraction of sp³-hybridized carbons (Fsp3) is 0.385. The molecule has 1 aromatic carbocycles. The molecule has 0 radical (unpaired) electrons. The van der Waals surface area contributed by atoms with E-state index in [1.165, 1.54) is 44.0 Å². The minimum absolute atomic E-state index is 0.189. The van der Waals surface area contributed by atoms with Gasteiger partial charge in [-0.1, -0.05) is 0 Å². The highest BCUT2D eigenvalue weighted by molar-refractivity contribution is 7.98. The van der Waals surface area contributed by atoms with Crippen LogP contribution >= 0.6 is 11.8 Å². The lowest BCUT2D eigenvalue weighted by Gasteiger charge is -2.13. The molecule has 0 spiro atoms. The van der Waals surface area contributed by atoms with Crippen molar-refractivity contribution in [2.24, 2.45) is 0 Å². The second-order valence-electron chi connectivity index (χ2n) is 4.06. The molecule has 0 aliphatic rings. The quantitative estimate of drug-likeness (QED) is 0.801. The Balaban J connectivity index is 2.60. The summed E-state index contributed by atoms with van der Waals surface area (Å²) < 4.78 is 18.3. The number of ether oxygens (including phenoxy) is 1. The standard InChI is InChI=1S/C13H16FNO4S/c1-8(16)15-11(13(17)18)7-20-6-9-5-10(14)3-4-12(9)19-2/h3-5,11H,6-7H2,1-2H3,(H,15,16)(H,17,18). The van der Waals surface area contributed by atoms with Gasteiger partial charge in [-0.2, -0.15) is 11.8 Å². The second kappa shape index (κ2) is 7.74. The van der Waals surface area contributed by atoms with Gasteiger partial charge in [-0.15, -0.1) is 0 Å². The largest absolute Gasteiger partial charge is 0.496 e. The molecule has 0 aromatic heterocycles. The molecule has 0 aliphatic heterocycles. The Morgan fingerprint density at radius 3 is 2.75 bits per heavy atom. The third-order valence-corrected chi connectivity index (χ3v) is 3.54. The fourth-order valence-electron chi connectivity index (χ4n) is 1.57. The van der Waals surface area contributed by atoms with E-state index in [1.807, 2.05) is 0 Å². The van der Waals surface area contributed by atoms with Crippen LogP contribution in [0.5, 0.6) is 5.75 Å². The number of thioether (sulfide) groups is 1. The molecule has 0 saturated heterocycles. The molecule has 1 rings (SSSR count). The van der Waals surface area contributed by atoms with Gasteiger partial charge in [0, 0.05) is 24.0 Å². The molecule has 0 saturated carbocycles. The lowest BCUT2D eigenvalue weighted by atomic mass is 10.2. The molecular formula is C13H16FNO4S. The number of hydrogen-bond acceptors (Lipinski definition) is 4. The van der Waals surface area contributed by atoms with Crippen LogP contribution in [0.3, 0.4) is 0 Å². The summed E-state index contributed by atoms with van der Waals surface area (Å²) in [6.07, 6.45) is 0. The number of nitrogens with one attached hydrogen (secondary N) is 1. The van der Waals surface area contributed by atoms with Gasteiger partial charge in [0.25, 0.3) is 0 Å². The molecule has 0 heterocycles. The normalized spacial score (nSPS) is 11.8. The van der Waals surface area contributed by atoms with Crippen LogP contribution in [-0.4, -0.2) is 35.9 Å². The Hall–Kier alpha value is -1.76. The van der Waals surface area contributed by atoms with Crippen LogP contribution in [0.1, 0.15) is 12.5 Å². The summed E-state index contributed by atoms with van der Waals surface area (Å²) in [6.45, 7) is 1.26. The number of carboxylic acid groups (broad SMARTS) is 1. The van der Waals surface area contributed by atoms with Crippen LogP contribution in [0.2, 0.25) is 0 Å².